The van der Waals surface area contributed by atoms with Crippen LogP contribution in [0.1, 0.15) is 67.2 Å². The Hall–Kier alpha value is -0.430. The van der Waals surface area contributed by atoms with Crippen molar-refractivity contribution in [3.8, 4) is 0 Å². The molecule has 0 N–H and O–H groups in total. The van der Waals surface area contributed by atoms with Crippen LogP contribution in [-0.2, 0) is 0 Å². The van der Waals surface area contributed by atoms with Crippen LogP contribution >= 0.6 is 11.8 Å². The summed E-state index contributed by atoms with van der Waals surface area (Å²) in [5.74, 6) is 0. The van der Waals surface area contributed by atoms with E-state index in [-0.39, 0.29) is 0 Å². The highest BCUT2D eigenvalue weighted by atomic mass is 32.2. The first-order valence-corrected chi connectivity index (χ1v) is 8.41. The van der Waals surface area contributed by atoms with Gasteiger partial charge in [0.2, 0.25) is 0 Å². The summed E-state index contributed by atoms with van der Waals surface area (Å²) in [5, 5.41) is 0. The first-order valence-electron chi connectivity index (χ1n) is 7.60. The third kappa shape index (κ3) is 4.02. The standard InChI is InChI=1S/C18H30S/c1-7-10-14-18(6,9-3)16-13-11-12-15(19-16)17(4,5)8-2/h7,10,12-13H,8-9,11,14H2,1-6H3. The van der Waals surface area contributed by atoms with Crippen molar-refractivity contribution in [2.75, 3.05) is 0 Å². The second kappa shape index (κ2) is 6.83. The molecule has 0 aromatic carbocycles. The molecule has 1 heterocycles. The fourth-order valence-electron chi connectivity index (χ4n) is 2.23. The Morgan fingerprint density at radius 2 is 1.74 bits per heavy atom. The van der Waals surface area contributed by atoms with E-state index < -0.39 is 0 Å². The Morgan fingerprint density at radius 1 is 1.11 bits per heavy atom. The van der Waals surface area contributed by atoms with Crippen LogP contribution in [0.5, 0.6) is 0 Å². The molecule has 1 atom stereocenters. The third-order valence-electron chi connectivity index (χ3n) is 4.56. The Kier molecular flexibility index (Phi) is 5.98. The van der Waals surface area contributed by atoms with Crippen molar-refractivity contribution in [1.29, 1.82) is 0 Å². The van der Waals surface area contributed by atoms with E-state index in [1.807, 2.05) is 11.8 Å². The summed E-state index contributed by atoms with van der Waals surface area (Å²) in [6, 6.07) is 0. The zero-order valence-electron chi connectivity index (χ0n) is 13.5. The highest BCUT2D eigenvalue weighted by Gasteiger charge is 2.31. The summed E-state index contributed by atoms with van der Waals surface area (Å²) >= 11 is 2.03. The minimum Gasteiger partial charge on any atom is -0.0985 e. The SMILES string of the molecule is CC=CCC(C)(CC)C1=CCC=C(C(C)(C)CC)S1. The highest BCUT2D eigenvalue weighted by molar-refractivity contribution is 8.06. The molecule has 1 aliphatic rings. The topological polar surface area (TPSA) is 0 Å². The van der Waals surface area contributed by atoms with Crippen LogP contribution in [0.15, 0.2) is 34.1 Å². The number of thioether (sulfide) groups is 1. The molecule has 108 valence electrons. The van der Waals surface area contributed by atoms with Crippen molar-refractivity contribution in [2.24, 2.45) is 10.8 Å². The number of allylic oxidation sites excluding steroid dienone is 6. The Balaban J connectivity index is 2.89. The average Bonchev–Trinajstić information content (AvgIpc) is 2.44. The van der Waals surface area contributed by atoms with Crippen molar-refractivity contribution in [1.82, 2.24) is 0 Å². The van der Waals surface area contributed by atoms with Gasteiger partial charge in [0.15, 0.2) is 0 Å². The molecule has 0 fully saturated rings. The molecule has 1 rings (SSSR count). The molecule has 1 heteroatoms. The molecule has 1 aliphatic heterocycles. The van der Waals surface area contributed by atoms with E-state index in [2.05, 4.69) is 65.8 Å². The van der Waals surface area contributed by atoms with Crippen LogP contribution in [0.2, 0.25) is 0 Å². The Morgan fingerprint density at radius 3 is 2.26 bits per heavy atom. The van der Waals surface area contributed by atoms with Gasteiger partial charge in [0.05, 0.1) is 0 Å². The lowest BCUT2D eigenvalue weighted by Gasteiger charge is -2.36. The van der Waals surface area contributed by atoms with Crippen molar-refractivity contribution in [2.45, 2.75) is 67.2 Å². The van der Waals surface area contributed by atoms with Gasteiger partial charge in [0.25, 0.3) is 0 Å². The van der Waals surface area contributed by atoms with Crippen LogP contribution < -0.4 is 0 Å². The van der Waals surface area contributed by atoms with E-state index in [1.165, 1.54) is 12.8 Å². The van der Waals surface area contributed by atoms with Crippen LogP contribution in [-0.4, -0.2) is 0 Å². The summed E-state index contributed by atoms with van der Waals surface area (Å²) < 4.78 is 0. The third-order valence-corrected chi connectivity index (χ3v) is 6.38. The molecule has 0 saturated carbocycles. The fraction of sp³-hybridized carbons (Fsp3) is 0.667. The van der Waals surface area contributed by atoms with Gasteiger partial charge in [-0.25, -0.2) is 0 Å². The molecule has 0 radical (unpaired) electrons. The van der Waals surface area contributed by atoms with Gasteiger partial charge in [-0.2, -0.15) is 0 Å². The van der Waals surface area contributed by atoms with E-state index in [0.717, 1.165) is 12.8 Å². The number of hydrogen-bond donors (Lipinski definition) is 0. The minimum absolute atomic E-state index is 0.306. The molecule has 19 heavy (non-hydrogen) atoms. The van der Waals surface area contributed by atoms with Crippen LogP contribution in [0.4, 0.5) is 0 Å². The van der Waals surface area contributed by atoms with Crippen LogP contribution in [0.3, 0.4) is 0 Å². The smallest absolute Gasteiger partial charge is 0.00167 e. The normalized spacial score (nSPS) is 20.1. The van der Waals surface area contributed by atoms with Crippen LogP contribution in [0.25, 0.3) is 0 Å². The molecular formula is C18H30S. The molecule has 0 spiro atoms. The van der Waals surface area contributed by atoms with Crippen molar-refractivity contribution in [3.63, 3.8) is 0 Å². The predicted octanol–water partition coefficient (Wildman–Crippen LogP) is 6.71. The maximum absolute atomic E-state index is 2.44. The summed E-state index contributed by atoms with van der Waals surface area (Å²) in [6.45, 7) is 13.9. The van der Waals surface area contributed by atoms with Gasteiger partial charge in [0.1, 0.15) is 0 Å². The van der Waals surface area contributed by atoms with Gasteiger partial charge in [-0.3, -0.25) is 0 Å². The summed E-state index contributed by atoms with van der Waals surface area (Å²) in [7, 11) is 0. The zero-order chi connectivity index (χ0) is 14.5. The lowest BCUT2D eigenvalue weighted by atomic mass is 9.82. The van der Waals surface area contributed by atoms with Crippen molar-refractivity contribution in [3.05, 3.63) is 34.1 Å². The van der Waals surface area contributed by atoms with Crippen molar-refractivity contribution < 1.29 is 0 Å². The molecule has 0 aliphatic carbocycles. The molecule has 0 aromatic rings. The predicted molar refractivity (Wildman–Crippen MR) is 90.3 cm³/mol. The molecule has 0 bridgehead atoms. The van der Waals surface area contributed by atoms with Gasteiger partial charge in [-0.1, -0.05) is 70.7 Å². The summed E-state index contributed by atoms with van der Waals surface area (Å²) in [6.07, 6.45) is 14.0. The lowest BCUT2D eigenvalue weighted by molar-refractivity contribution is 0.405. The molecular weight excluding hydrogens is 248 g/mol. The van der Waals surface area contributed by atoms with Gasteiger partial charge < -0.3 is 0 Å². The van der Waals surface area contributed by atoms with Gasteiger partial charge >= 0.3 is 0 Å². The monoisotopic (exact) mass is 278 g/mol. The molecule has 0 aromatic heterocycles. The quantitative estimate of drug-likeness (QED) is 0.486. The Bertz CT molecular complexity index is 384. The van der Waals surface area contributed by atoms with Crippen LogP contribution in [0, 0.1) is 10.8 Å². The van der Waals surface area contributed by atoms with E-state index >= 15 is 0 Å². The van der Waals surface area contributed by atoms with Gasteiger partial charge in [-0.15, -0.1) is 0 Å². The second-order valence-electron chi connectivity index (χ2n) is 6.40. The Labute approximate surface area is 124 Å². The van der Waals surface area contributed by atoms with E-state index in [9.17, 15) is 0 Å². The largest absolute Gasteiger partial charge is 0.0985 e. The summed E-state index contributed by atoms with van der Waals surface area (Å²) in [4.78, 5) is 3.14. The lowest BCUT2D eigenvalue weighted by Crippen LogP contribution is -2.20. The second-order valence-corrected chi connectivity index (χ2v) is 7.48. The average molecular weight is 279 g/mol. The summed E-state index contributed by atoms with van der Waals surface area (Å²) in [5.41, 5.74) is 0.625. The van der Waals surface area contributed by atoms with Gasteiger partial charge in [0, 0.05) is 5.41 Å². The number of hydrogen-bond acceptors (Lipinski definition) is 1. The van der Waals surface area contributed by atoms with E-state index in [4.69, 9.17) is 0 Å². The minimum atomic E-state index is 0.306. The first-order chi connectivity index (χ1) is 8.89. The van der Waals surface area contributed by atoms with Crippen molar-refractivity contribution >= 4 is 11.8 Å². The maximum Gasteiger partial charge on any atom is 0.00167 e. The maximum atomic E-state index is 2.44. The van der Waals surface area contributed by atoms with Gasteiger partial charge in [-0.05, 0) is 47.8 Å². The highest BCUT2D eigenvalue weighted by Crippen LogP contribution is 2.51. The molecule has 0 saturated heterocycles. The van der Waals surface area contributed by atoms with E-state index in [1.54, 1.807) is 9.81 Å². The molecule has 0 nitrogen and oxygen atoms in total. The molecule has 0 amide bonds. The molecule has 1 unspecified atom stereocenters. The first kappa shape index (κ1) is 16.6. The number of rotatable bonds is 6. The zero-order valence-corrected chi connectivity index (χ0v) is 14.4. The fourth-order valence-corrected chi connectivity index (χ4v) is 3.72. The van der Waals surface area contributed by atoms with E-state index in [0.29, 0.717) is 10.8 Å².